The van der Waals surface area contributed by atoms with Crippen LogP contribution in [0.4, 0.5) is 5.82 Å². The minimum absolute atomic E-state index is 0.252. The Labute approximate surface area is 114 Å². The second kappa shape index (κ2) is 4.96. The maximum atomic E-state index is 11.9. The van der Waals surface area contributed by atoms with Crippen LogP contribution in [0.1, 0.15) is 10.5 Å². The number of hydrogen-bond donors (Lipinski definition) is 1. The molecule has 0 fully saturated rings. The van der Waals surface area contributed by atoms with Gasteiger partial charge in [-0.15, -0.1) is 5.10 Å². The monoisotopic (exact) mass is 268 g/mol. The number of para-hydroxylation sites is 1. The Bertz CT molecular complexity index is 730. The fourth-order valence-corrected chi connectivity index (χ4v) is 1.75. The lowest BCUT2D eigenvalue weighted by molar-refractivity contribution is 0.102. The molecule has 0 saturated heterocycles. The summed E-state index contributed by atoms with van der Waals surface area (Å²) >= 11 is 0. The Morgan fingerprint density at radius 2 is 2.00 bits per heavy atom. The van der Waals surface area contributed by atoms with Gasteiger partial charge in [-0.3, -0.25) is 9.48 Å². The Balaban J connectivity index is 1.76. The molecule has 0 aliphatic carbocycles. The Hall–Kier alpha value is -2.96. The van der Waals surface area contributed by atoms with E-state index >= 15 is 0 Å². The third-order valence-corrected chi connectivity index (χ3v) is 2.69. The fourth-order valence-electron chi connectivity index (χ4n) is 1.75. The summed E-state index contributed by atoms with van der Waals surface area (Å²) in [7, 11) is 1.70. The van der Waals surface area contributed by atoms with Crippen molar-refractivity contribution in [1.82, 2.24) is 24.8 Å². The molecule has 2 aromatic heterocycles. The third kappa shape index (κ3) is 2.41. The summed E-state index contributed by atoms with van der Waals surface area (Å²) in [6.45, 7) is 0. The molecule has 0 aliphatic rings. The van der Waals surface area contributed by atoms with Crippen molar-refractivity contribution in [3.8, 4) is 5.69 Å². The number of aryl methyl sites for hydroxylation is 1. The van der Waals surface area contributed by atoms with Crippen LogP contribution in [-0.4, -0.2) is 30.7 Å². The molecule has 0 aliphatic heterocycles. The number of carbonyl (C=O) groups is 1. The lowest BCUT2D eigenvalue weighted by Gasteiger charge is -2.00. The van der Waals surface area contributed by atoms with Crippen LogP contribution in [0.3, 0.4) is 0 Å². The lowest BCUT2D eigenvalue weighted by atomic mass is 10.3. The number of aromatic nitrogens is 5. The number of anilines is 1. The minimum Gasteiger partial charge on any atom is -0.304 e. The molecule has 0 unspecified atom stereocenters. The van der Waals surface area contributed by atoms with Gasteiger partial charge in [-0.1, -0.05) is 23.4 Å². The molecule has 1 amide bonds. The molecule has 20 heavy (non-hydrogen) atoms. The van der Waals surface area contributed by atoms with Crippen LogP contribution in [-0.2, 0) is 7.05 Å². The molecule has 0 bridgehead atoms. The summed E-state index contributed by atoms with van der Waals surface area (Å²) in [5.74, 6) is 0.126. The summed E-state index contributed by atoms with van der Waals surface area (Å²) in [5, 5.41) is 14.4. The average molecular weight is 268 g/mol. The predicted molar refractivity (Wildman–Crippen MR) is 72.5 cm³/mol. The van der Waals surface area contributed by atoms with Crippen LogP contribution in [0.2, 0.25) is 0 Å². The van der Waals surface area contributed by atoms with E-state index in [4.69, 9.17) is 0 Å². The van der Waals surface area contributed by atoms with Crippen LogP contribution < -0.4 is 5.32 Å². The molecule has 100 valence electrons. The van der Waals surface area contributed by atoms with E-state index in [0.717, 1.165) is 5.69 Å². The van der Waals surface area contributed by atoms with E-state index in [0.29, 0.717) is 5.82 Å². The number of carbonyl (C=O) groups excluding carboxylic acids is 1. The zero-order valence-corrected chi connectivity index (χ0v) is 10.8. The molecule has 3 rings (SSSR count). The smallest absolute Gasteiger partial charge is 0.279 e. The standard InChI is InChI=1S/C13H12N6O/c1-18-9-11(15-17-18)13(20)14-12-7-8-19(16-12)10-5-3-2-4-6-10/h2-9H,1H3,(H,14,16,20). The van der Waals surface area contributed by atoms with Gasteiger partial charge in [-0.25, -0.2) is 4.68 Å². The fraction of sp³-hybridized carbons (Fsp3) is 0.0769. The van der Waals surface area contributed by atoms with Crippen molar-refractivity contribution in [3.05, 3.63) is 54.5 Å². The van der Waals surface area contributed by atoms with Crippen LogP contribution in [0, 0.1) is 0 Å². The first kappa shape index (κ1) is 12.1. The van der Waals surface area contributed by atoms with Crippen molar-refractivity contribution in [2.45, 2.75) is 0 Å². The van der Waals surface area contributed by atoms with Crippen molar-refractivity contribution >= 4 is 11.7 Å². The van der Waals surface area contributed by atoms with Gasteiger partial charge in [-0.05, 0) is 12.1 Å². The molecular formula is C13H12N6O. The highest BCUT2D eigenvalue weighted by atomic mass is 16.2. The highest BCUT2D eigenvalue weighted by Gasteiger charge is 2.11. The van der Waals surface area contributed by atoms with E-state index in [-0.39, 0.29) is 11.6 Å². The van der Waals surface area contributed by atoms with Gasteiger partial charge >= 0.3 is 0 Å². The number of hydrogen-bond acceptors (Lipinski definition) is 4. The summed E-state index contributed by atoms with van der Waals surface area (Å²) in [6, 6.07) is 11.4. The molecular weight excluding hydrogens is 256 g/mol. The second-order valence-electron chi connectivity index (χ2n) is 4.21. The molecule has 1 aromatic carbocycles. The van der Waals surface area contributed by atoms with Crippen LogP contribution in [0.5, 0.6) is 0 Å². The van der Waals surface area contributed by atoms with Crippen LogP contribution in [0.15, 0.2) is 48.8 Å². The maximum absolute atomic E-state index is 11.9. The van der Waals surface area contributed by atoms with Crippen molar-refractivity contribution in [2.24, 2.45) is 7.05 Å². The van der Waals surface area contributed by atoms with Crippen LogP contribution >= 0.6 is 0 Å². The number of nitrogens with one attached hydrogen (secondary N) is 1. The zero-order chi connectivity index (χ0) is 13.9. The van der Waals surface area contributed by atoms with Gasteiger partial charge in [0.25, 0.3) is 5.91 Å². The first-order valence-corrected chi connectivity index (χ1v) is 6.01. The Kier molecular flexibility index (Phi) is 3.00. The summed E-state index contributed by atoms with van der Waals surface area (Å²) in [6.07, 6.45) is 3.32. The topological polar surface area (TPSA) is 77.6 Å². The molecule has 1 N–H and O–H groups in total. The summed E-state index contributed by atoms with van der Waals surface area (Å²) in [5.41, 5.74) is 1.18. The molecule has 2 heterocycles. The van der Waals surface area contributed by atoms with Crippen molar-refractivity contribution in [3.63, 3.8) is 0 Å². The highest BCUT2D eigenvalue weighted by molar-refractivity contribution is 6.01. The number of amides is 1. The number of nitrogens with zero attached hydrogens (tertiary/aromatic N) is 5. The molecule has 7 heteroatoms. The van der Waals surface area contributed by atoms with Crippen molar-refractivity contribution < 1.29 is 4.79 Å². The molecule has 3 aromatic rings. The lowest BCUT2D eigenvalue weighted by Crippen LogP contribution is -2.13. The summed E-state index contributed by atoms with van der Waals surface area (Å²) < 4.78 is 3.16. The van der Waals surface area contributed by atoms with E-state index in [1.807, 2.05) is 30.3 Å². The Morgan fingerprint density at radius 3 is 2.70 bits per heavy atom. The van der Waals surface area contributed by atoms with Gasteiger partial charge in [0.2, 0.25) is 0 Å². The van der Waals surface area contributed by atoms with E-state index in [1.54, 1.807) is 30.2 Å². The minimum atomic E-state index is -0.337. The van der Waals surface area contributed by atoms with E-state index in [1.165, 1.54) is 4.68 Å². The number of rotatable bonds is 3. The normalized spacial score (nSPS) is 10.4. The van der Waals surface area contributed by atoms with Gasteiger partial charge in [-0.2, -0.15) is 5.10 Å². The molecule has 0 atom stereocenters. The Morgan fingerprint density at radius 1 is 1.20 bits per heavy atom. The first-order chi connectivity index (χ1) is 9.72. The predicted octanol–water partition coefficient (Wildman–Crippen LogP) is 1.25. The van der Waals surface area contributed by atoms with Gasteiger partial charge in [0, 0.05) is 19.3 Å². The van der Waals surface area contributed by atoms with Gasteiger partial charge in [0.05, 0.1) is 11.9 Å². The van der Waals surface area contributed by atoms with E-state index in [9.17, 15) is 4.79 Å². The largest absolute Gasteiger partial charge is 0.304 e. The van der Waals surface area contributed by atoms with E-state index in [2.05, 4.69) is 20.7 Å². The molecule has 0 saturated carbocycles. The maximum Gasteiger partial charge on any atom is 0.279 e. The third-order valence-electron chi connectivity index (χ3n) is 2.69. The number of benzene rings is 1. The van der Waals surface area contributed by atoms with E-state index < -0.39 is 0 Å². The average Bonchev–Trinajstić information content (AvgIpc) is 3.09. The molecule has 7 nitrogen and oxygen atoms in total. The van der Waals surface area contributed by atoms with Crippen molar-refractivity contribution in [2.75, 3.05) is 5.32 Å². The van der Waals surface area contributed by atoms with Crippen LogP contribution in [0.25, 0.3) is 5.69 Å². The van der Waals surface area contributed by atoms with Gasteiger partial charge in [0.15, 0.2) is 11.5 Å². The van der Waals surface area contributed by atoms with Gasteiger partial charge in [0.1, 0.15) is 0 Å². The second-order valence-corrected chi connectivity index (χ2v) is 4.21. The van der Waals surface area contributed by atoms with Gasteiger partial charge < -0.3 is 5.32 Å². The highest BCUT2D eigenvalue weighted by Crippen LogP contribution is 2.10. The molecule has 0 radical (unpaired) electrons. The quantitative estimate of drug-likeness (QED) is 0.775. The molecule has 0 spiro atoms. The van der Waals surface area contributed by atoms with Crippen molar-refractivity contribution in [1.29, 1.82) is 0 Å². The summed E-state index contributed by atoms with van der Waals surface area (Å²) in [4.78, 5) is 11.9. The first-order valence-electron chi connectivity index (χ1n) is 6.01. The zero-order valence-electron chi connectivity index (χ0n) is 10.8. The SMILES string of the molecule is Cn1cc(C(=O)Nc2ccn(-c3ccccc3)n2)nn1.